The van der Waals surface area contributed by atoms with Gasteiger partial charge in [-0.25, -0.2) is 4.79 Å². The van der Waals surface area contributed by atoms with Crippen molar-refractivity contribution in [3.8, 4) is 6.07 Å². The van der Waals surface area contributed by atoms with E-state index in [0.717, 1.165) is 24.0 Å². The molecule has 1 aliphatic rings. The summed E-state index contributed by atoms with van der Waals surface area (Å²) < 4.78 is 0. The van der Waals surface area contributed by atoms with Crippen LogP contribution in [0.5, 0.6) is 0 Å². The number of nitrogens with one attached hydrogen (secondary N) is 1. The van der Waals surface area contributed by atoms with E-state index in [0.29, 0.717) is 42.4 Å². The van der Waals surface area contributed by atoms with Crippen LogP contribution in [0.25, 0.3) is 0 Å². The molecule has 0 saturated carbocycles. The van der Waals surface area contributed by atoms with Gasteiger partial charge in [0.2, 0.25) is 0 Å². The molecule has 3 aromatic rings. The van der Waals surface area contributed by atoms with Crippen molar-refractivity contribution in [2.24, 2.45) is 0 Å². The predicted octanol–water partition coefficient (Wildman–Crippen LogP) is 5.55. The molecule has 4 rings (SSSR count). The maximum absolute atomic E-state index is 13.3. The molecule has 1 saturated heterocycles. The average molecular weight is 467 g/mol. The molecule has 1 aliphatic heterocycles. The van der Waals surface area contributed by atoms with Gasteiger partial charge in [-0.15, -0.1) is 0 Å². The average Bonchev–Trinajstić information content (AvgIpc) is 2.90. The second-order valence-corrected chi connectivity index (χ2v) is 9.10. The normalized spacial score (nSPS) is 13.7. The van der Waals surface area contributed by atoms with E-state index < -0.39 is 0 Å². The molecule has 0 unspecified atom stereocenters. The SMILES string of the molecule is Cc1ccc(NC(=O)N(C)Cc2ccccc2)cc1C(=O)N1CCC(c2ccc(C#N)cc2)CC1. The zero-order valence-corrected chi connectivity index (χ0v) is 20.2. The number of nitriles is 1. The number of nitrogens with zero attached hydrogens (tertiary/aromatic N) is 3. The van der Waals surface area contributed by atoms with Crippen molar-refractivity contribution in [2.45, 2.75) is 32.2 Å². The van der Waals surface area contributed by atoms with E-state index in [4.69, 9.17) is 5.26 Å². The Morgan fingerprint density at radius 1 is 1.03 bits per heavy atom. The molecule has 1 fully saturated rings. The minimum atomic E-state index is -0.223. The van der Waals surface area contributed by atoms with Gasteiger partial charge in [-0.2, -0.15) is 5.26 Å². The van der Waals surface area contributed by atoms with Gasteiger partial charge in [0.05, 0.1) is 11.6 Å². The summed E-state index contributed by atoms with van der Waals surface area (Å²) in [5.74, 6) is 0.383. The van der Waals surface area contributed by atoms with E-state index in [2.05, 4.69) is 11.4 Å². The Morgan fingerprint density at radius 2 is 1.71 bits per heavy atom. The molecule has 6 nitrogen and oxygen atoms in total. The van der Waals surface area contributed by atoms with E-state index in [9.17, 15) is 9.59 Å². The van der Waals surface area contributed by atoms with Gasteiger partial charge in [0.25, 0.3) is 5.91 Å². The molecule has 6 heteroatoms. The smallest absolute Gasteiger partial charge is 0.321 e. The predicted molar refractivity (Wildman–Crippen MR) is 137 cm³/mol. The van der Waals surface area contributed by atoms with E-state index in [1.807, 2.05) is 78.6 Å². The van der Waals surface area contributed by atoms with Crippen molar-refractivity contribution in [1.29, 1.82) is 5.26 Å². The Hall–Kier alpha value is -4.11. The molecule has 3 aromatic carbocycles. The zero-order chi connectivity index (χ0) is 24.8. The van der Waals surface area contributed by atoms with Crippen molar-refractivity contribution in [2.75, 3.05) is 25.5 Å². The van der Waals surface area contributed by atoms with Crippen LogP contribution in [-0.4, -0.2) is 41.9 Å². The van der Waals surface area contributed by atoms with Gasteiger partial charge < -0.3 is 15.1 Å². The first kappa shape index (κ1) is 24.0. The highest BCUT2D eigenvalue weighted by atomic mass is 16.2. The molecule has 0 spiro atoms. The van der Waals surface area contributed by atoms with Gasteiger partial charge in [0.15, 0.2) is 0 Å². The molecule has 1 N–H and O–H groups in total. The lowest BCUT2D eigenvalue weighted by molar-refractivity contribution is 0.0712. The number of urea groups is 1. The van der Waals surface area contributed by atoms with Crippen molar-refractivity contribution in [3.05, 3.63) is 101 Å². The molecule has 0 aliphatic carbocycles. The first-order valence-corrected chi connectivity index (χ1v) is 11.9. The summed E-state index contributed by atoms with van der Waals surface area (Å²) in [7, 11) is 1.75. The summed E-state index contributed by atoms with van der Waals surface area (Å²) in [6.07, 6.45) is 1.77. The number of anilines is 1. The molecule has 3 amide bonds. The number of likely N-dealkylation sites (tertiary alicyclic amines) is 1. The highest BCUT2D eigenvalue weighted by Crippen LogP contribution is 2.29. The Morgan fingerprint density at radius 3 is 2.37 bits per heavy atom. The molecule has 1 heterocycles. The minimum absolute atomic E-state index is 0.00508. The Labute approximate surface area is 206 Å². The van der Waals surface area contributed by atoms with Gasteiger partial charge >= 0.3 is 6.03 Å². The number of amides is 3. The van der Waals surface area contributed by atoms with Gasteiger partial charge in [-0.1, -0.05) is 48.5 Å². The summed E-state index contributed by atoms with van der Waals surface area (Å²) >= 11 is 0. The molecular weight excluding hydrogens is 436 g/mol. The zero-order valence-electron chi connectivity index (χ0n) is 20.2. The monoisotopic (exact) mass is 466 g/mol. The number of piperidine rings is 1. The summed E-state index contributed by atoms with van der Waals surface area (Å²) in [6.45, 7) is 3.78. The Balaban J connectivity index is 1.37. The summed E-state index contributed by atoms with van der Waals surface area (Å²) in [5.41, 5.74) is 5.04. The van der Waals surface area contributed by atoms with Crippen LogP contribution in [0, 0.1) is 18.3 Å². The van der Waals surface area contributed by atoms with Gasteiger partial charge in [-0.05, 0) is 66.6 Å². The largest absolute Gasteiger partial charge is 0.339 e. The molecular formula is C29H30N4O2. The summed E-state index contributed by atoms with van der Waals surface area (Å²) in [5, 5.41) is 11.9. The second-order valence-electron chi connectivity index (χ2n) is 9.10. The highest BCUT2D eigenvalue weighted by molar-refractivity contribution is 5.98. The molecule has 178 valence electrons. The maximum Gasteiger partial charge on any atom is 0.321 e. The molecule has 0 atom stereocenters. The first-order chi connectivity index (χ1) is 16.9. The van der Waals surface area contributed by atoms with Crippen molar-refractivity contribution < 1.29 is 9.59 Å². The maximum atomic E-state index is 13.3. The number of benzene rings is 3. The summed E-state index contributed by atoms with van der Waals surface area (Å²) in [4.78, 5) is 29.5. The van der Waals surface area contributed by atoms with Crippen LogP contribution in [0.4, 0.5) is 10.5 Å². The quantitative estimate of drug-likeness (QED) is 0.536. The van der Waals surface area contributed by atoms with Crippen molar-refractivity contribution in [3.63, 3.8) is 0 Å². The fourth-order valence-corrected chi connectivity index (χ4v) is 4.49. The van der Waals surface area contributed by atoms with E-state index in [1.165, 1.54) is 5.56 Å². The van der Waals surface area contributed by atoms with Crippen LogP contribution < -0.4 is 5.32 Å². The van der Waals surface area contributed by atoms with Gasteiger partial charge in [0, 0.05) is 37.9 Å². The molecule has 0 aromatic heterocycles. The van der Waals surface area contributed by atoms with Crippen molar-refractivity contribution in [1.82, 2.24) is 9.80 Å². The van der Waals surface area contributed by atoms with Gasteiger partial charge in [0.1, 0.15) is 0 Å². The third kappa shape index (κ3) is 5.88. The van der Waals surface area contributed by atoms with Crippen LogP contribution >= 0.6 is 0 Å². The third-order valence-corrected chi connectivity index (χ3v) is 6.62. The topological polar surface area (TPSA) is 76.4 Å². The lowest BCUT2D eigenvalue weighted by atomic mass is 9.88. The minimum Gasteiger partial charge on any atom is -0.339 e. The second kappa shape index (κ2) is 10.9. The van der Waals surface area contributed by atoms with Crippen LogP contribution in [0.3, 0.4) is 0 Å². The van der Waals surface area contributed by atoms with Crippen LogP contribution in [-0.2, 0) is 6.54 Å². The summed E-state index contributed by atoms with van der Waals surface area (Å²) in [6, 6.07) is 25.0. The lowest BCUT2D eigenvalue weighted by Crippen LogP contribution is -2.38. The number of carbonyl (C=O) groups excluding carboxylic acids is 2. The first-order valence-electron chi connectivity index (χ1n) is 11.9. The Bertz CT molecular complexity index is 1220. The molecule has 35 heavy (non-hydrogen) atoms. The van der Waals surface area contributed by atoms with Crippen molar-refractivity contribution >= 4 is 17.6 Å². The lowest BCUT2D eigenvalue weighted by Gasteiger charge is -2.32. The number of hydrogen-bond acceptors (Lipinski definition) is 3. The number of carbonyl (C=O) groups is 2. The number of hydrogen-bond donors (Lipinski definition) is 1. The van der Waals surface area contributed by atoms with Crippen LogP contribution in [0.1, 0.15) is 51.4 Å². The Kier molecular flexibility index (Phi) is 7.47. The van der Waals surface area contributed by atoms with Crippen LogP contribution in [0.2, 0.25) is 0 Å². The standard InChI is InChI=1S/C29H30N4O2/c1-21-8-13-26(31-29(35)32(2)20-23-6-4-3-5-7-23)18-27(21)28(34)33-16-14-25(15-17-33)24-11-9-22(19-30)10-12-24/h3-13,18,25H,14-17,20H2,1-2H3,(H,31,35). The fourth-order valence-electron chi connectivity index (χ4n) is 4.49. The number of rotatable bonds is 5. The van der Waals surface area contributed by atoms with Crippen LogP contribution in [0.15, 0.2) is 72.8 Å². The highest BCUT2D eigenvalue weighted by Gasteiger charge is 2.25. The molecule has 0 radical (unpaired) electrons. The van der Waals surface area contributed by atoms with Gasteiger partial charge in [-0.3, -0.25) is 4.79 Å². The van der Waals surface area contributed by atoms with E-state index in [1.54, 1.807) is 18.0 Å². The van der Waals surface area contributed by atoms with E-state index >= 15 is 0 Å². The molecule has 0 bridgehead atoms. The number of aryl methyl sites for hydroxylation is 1. The fraction of sp³-hybridized carbons (Fsp3) is 0.276. The van der Waals surface area contributed by atoms with E-state index in [-0.39, 0.29) is 11.9 Å². The third-order valence-electron chi connectivity index (χ3n) is 6.62.